The second-order valence-electron chi connectivity index (χ2n) is 4.45. The molecular formula is C12H15BO2. The highest BCUT2D eigenvalue weighted by molar-refractivity contribution is 6.62. The first-order valence-electron chi connectivity index (χ1n) is 5.79. The highest BCUT2D eigenvalue weighted by atomic mass is 16.5. The molecule has 3 heteroatoms. The molecule has 2 aliphatic rings. The highest BCUT2D eigenvalue weighted by Gasteiger charge is 2.37. The van der Waals surface area contributed by atoms with Crippen molar-refractivity contribution in [1.82, 2.24) is 0 Å². The molecule has 0 saturated heterocycles. The third kappa shape index (κ3) is 1.26. The first-order chi connectivity index (χ1) is 7.31. The van der Waals surface area contributed by atoms with Crippen LogP contribution in [-0.2, 0) is 17.5 Å². The average molecular weight is 202 g/mol. The Balaban J connectivity index is 2.16. The van der Waals surface area contributed by atoms with Gasteiger partial charge in [-0.15, -0.1) is 0 Å². The number of benzene rings is 1. The minimum absolute atomic E-state index is 0.0981. The Morgan fingerprint density at radius 1 is 1.47 bits per heavy atom. The van der Waals surface area contributed by atoms with Crippen LogP contribution in [0.2, 0.25) is 0 Å². The fourth-order valence-electron chi connectivity index (χ4n) is 2.90. The van der Waals surface area contributed by atoms with E-state index >= 15 is 0 Å². The molecule has 0 radical (unpaired) electrons. The Bertz CT molecular complexity index is 403. The van der Waals surface area contributed by atoms with E-state index in [-0.39, 0.29) is 6.10 Å². The van der Waals surface area contributed by atoms with E-state index in [9.17, 15) is 5.02 Å². The summed E-state index contributed by atoms with van der Waals surface area (Å²) in [6, 6.07) is 4.36. The maximum atomic E-state index is 9.92. The maximum Gasteiger partial charge on any atom is 0.492 e. The molecule has 1 atom stereocenters. The molecule has 1 aromatic carbocycles. The highest BCUT2D eigenvalue weighted by Crippen LogP contribution is 2.31. The molecule has 0 fully saturated rings. The van der Waals surface area contributed by atoms with Crippen LogP contribution in [0.4, 0.5) is 0 Å². The molecule has 2 nitrogen and oxygen atoms in total. The monoisotopic (exact) mass is 202 g/mol. The van der Waals surface area contributed by atoms with Crippen LogP contribution in [0.25, 0.3) is 0 Å². The van der Waals surface area contributed by atoms with Gasteiger partial charge in [0.15, 0.2) is 0 Å². The maximum absolute atomic E-state index is 9.92. The van der Waals surface area contributed by atoms with Crippen molar-refractivity contribution < 1.29 is 9.68 Å². The lowest BCUT2D eigenvalue weighted by Gasteiger charge is -2.09. The van der Waals surface area contributed by atoms with Crippen molar-refractivity contribution in [3.05, 3.63) is 28.8 Å². The number of hydrogen-bond donors (Lipinski definition) is 1. The van der Waals surface area contributed by atoms with Gasteiger partial charge in [-0.25, -0.2) is 0 Å². The molecule has 15 heavy (non-hydrogen) atoms. The summed E-state index contributed by atoms with van der Waals surface area (Å²) in [5, 5.41) is 9.92. The summed E-state index contributed by atoms with van der Waals surface area (Å²) < 4.78 is 5.56. The number of hydrogen-bond acceptors (Lipinski definition) is 2. The number of fused-ring (bicyclic) bond motifs is 3. The van der Waals surface area contributed by atoms with Crippen molar-refractivity contribution in [2.75, 3.05) is 0 Å². The van der Waals surface area contributed by atoms with Crippen LogP contribution in [0.3, 0.4) is 0 Å². The van der Waals surface area contributed by atoms with E-state index in [4.69, 9.17) is 4.65 Å². The van der Waals surface area contributed by atoms with Gasteiger partial charge >= 0.3 is 7.12 Å². The predicted molar refractivity (Wildman–Crippen MR) is 60.2 cm³/mol. The second-order valence-corrected chi connectivity index (χ2v) is 4.45. The van der Waals surface area contributed by atoms with Gasteiger partial charge in [0.25, 0.3) is 0 Å². The Morgan fingerprint density at radius 2 is 2.33 bits per heavy atom. The Morgan fingerprint density at radius 3 is 3.13 bits per heavy atom. The molecule has 0 amide bonds. The third-order valence-electron chi connectivity index (χ3n) is 3.62. The van der Waals surface area contributed by atoms with Gasteiger partial charge in [-0.2, -0.15) is 0 Å². The zero-order chi connectivity index (χ0) is 10.4. The molecule has 0 unspecified atom stereocenters. The topological polar surface area (TPSA) is 29.5 Å². The fraction of sp³-hybridized carbons (Fsp3) is 0.500. The van der Waals surface area contributed by atoms with Crippen molar-refractivity contribution in [2.45, 2.75) is 38.7 Å². The van der Waals surface area contributed by atoms with E-state index in [2.05, 4.69) is 19.1 Å². The third-order valence-corrected chi connectivity index (χ3v) is 3.62. The van der Waals surface area contributed by atoms with Gasteiger partial charge in [0.2, 0.25) is 0 Å². The van der Waals surface area contributed by atoms with Crippen molar-refractivity contribution in [2.24, 2.45) is 0 Å². The summed E-state index contributed by atoms with van der Waals surface area (Å²) >= 11 is 0. The standard InChI is InChI=1S/C12H15BO2/c1-2-11-10-7-6-8-4-3-5-9(8)12(10)13(14)15-11/h6-7,11,14H,2-5H2,1H3/t11-/m1/s1. The first-order valence-corrected chi connectivity index (χ1v) is 5.79. The predicted octanol–water partition coefficient (Wildman–Crippen LogP) is 1.34. The zero-order valence-corrected chi connectivity index (χ0v) is 8.99. The lowest BCUT2D eigenvalue weighted by Crippen LogP contribution is -2.31. The van der Waals surface area contributed by atoms with Gasteiger partial charge in [0.1, 0.15) is 0 Å². The Kier molecular flexibility index (Phi) is 2.11. The van der Waals surface area contributed by atoms with Crippen LogP contribution in [-0.4, -0.2) is 12.1 Å². The fourth-order valence-corrected chi connectivity index (χ4v) is 2.90. The average Bonchev–Trinajstić information content (AvgIpc) is 2.81. The Hall–Kier alpha value is -0.795. The normalized spacial score (nSPS) is 23.1. The summed E-state index contributed by atoms with van der Waals surface area (Å²) in [7, 11) is -0.682. The molecule has 0 saturated carbocycles. The lowest BCUT2D eigenvalue weighted by molar-refractivity contribution is 0.186. The van der Waals surface area contributed by atoms with E-state index in [1.807, 2.05) is 0 Å². The minimum Gasteiger partial charge on any atom is -0.423 e. The summed E-state index contributed by atoms with van der Waals surface area (Å²) in [5.41, 5.74) is 5.06. The minimum atomic E-state index is -0.682. The van der Waals surface area contributed by atoms with E-state index < -0.39 is 7.12 Å². The van der Waals surface area contributed by atoms with Crippen LogP contribution < -0.4 is 5.46 Å². The van der Waals surface area contributed by atoms with E-state index in [0.717, 1.165) is 24.7 Å². The van der Waals surface area contributed by atoms with E-state index in [0.29, 0.717) is 0 Å². The Labute approximate surface area is 90.4 Å². The smallest absolute Gasteiger partial charge is 0.423 e. The van der Waals surface area contributed by atoms with Crippen molar-refractivity contribution in [3.8, 4) is 0 Å². The van der Waals surface area contributed by atoms with Gasteiger partial charge < -0.3 is 9.68 Å². The van der Waals surface area contributed by atoms with E-state index in [1.54, 1.807) is 0 Å². The molecule has 1 aliphatic heterocycles. The van der Waals surface area contributed by atoms with Gasteiger partial charge in [-0.05, 0) is 47.8 Å². The molecule has 1 heterocycles. The molecule has 3 rings (SSSR count). The zero-order valence-electron chi connectivity index (χ0n) is 8.99. The van der Waals surface area contributed by atoms with Crippen LogP contribution in [0.15, 0.2) is 12.1 Å². The van der Waals surface area contributed by atoms with Crippen molar-refractivity contribution in [3.63, 3.8) is 0 Å². The quantitative estimate of drug-likeness (QED) is 0.696. The first kappa shape index (κ1) is 9.43. The summed E-state index contributed by atoms with van der Waals surface area (Å²) in [6.07, 6.45) is 4.51. The van der Waals surface area contributed by atoms with E-state index in [1.165, 1.54) is 23.1 Å². The molecule has 1 N–H and O–H groups in total. The van der Waals surface area contributed by atoms with Crippen LogP contribution in [0.5, 0.6) is 0 Å². The van der Waals surface area contributed by atoms with Crippen molar-refractivity contribution in [1.29, 1.82) is 0 Å². The molecule has 0 bridgehead atoms. The summed E-state index contributed by atoms with van der Waals surface area (Å²) in [6.45, 7) is 2.10. The molecule has 0 spiro atoms. The van der Waals surface area contributed by atoms with Crippen LogP contribution >= 0.6 is 0 Å². The van der Waals surface area contributed by atoms with Gasteiger partial charge in [-0.3, -0.25) is 0 Å². The van der Waals surface area contributed by atoms with Crippen molar-refractivity contribution >= 4 is 12.6 Å². The second kappa shape index (κ2) is 3.36. The summed E-state index contributed by atoms with van der Waals surface area (Å²) in [4.78, 5) is 0. The summed E-state index contributed by atoms with van der Waals surface area (Å²) in [5.74, 6) is 0. The van der Waals surface area contributed by atoms with Crippen LogP contribution in [0, 0.1) is 0 Å². The SMILES string of the molecule is CC[C@H]1OB(O)c2c1ccc1c2CCC1. The largest absolute Gasteiger partial charge is 0.492 e. The number of aryl methyl sites for hydroxylation is 1. The lowest BCUT2D eigenvalue weighted by atomic mass is 9.75. The van der Waals surface area contributed by atoms with Gasteiger partial charge in [0.05, 0.1) is 6.10 Å². The molecule has 1 aromatic rings. The molecule has 0 aromatic heterocycles. The van der Waals surface area contributed by atoms with Crippen LogP contribution in [0.1, 0.15) is 42.6 Å². The number of rotatable bonds is 1. The van der Waals surface area contributed by atoms with Gasteiger partial charge in [0, 0.05) is 0 Å². The molecule has 1 aliphatic carbocycles. The molecular weight excluding hydrogens is 187 g/mol. The van der Waals surface area contributed by atoms with Gasteiger partial charge in [-0.1, -0.05) is 19.1 Å². The molecule has 78 valence electrons.